The summed E-state index contributed by atoms with van der Waals surface area (Å²) < 4.78 is 5.70. The Morgan fingerprint density at radius 3 is 2.69 bits per heavy atom. The Balaban J connectivity index is 0.000000132. The van der Waals surface area contributed by atoms with Gasteiger partial charge >= 0.3 is 0 Å². The molecule has 1 aromatic rings. The third-order valence-electron chi connectivity index (χ3n) is 1.39. The van der Waals surface area contributed by atoms with Crippen molar-refractivity contribution in [3.63, 3.8) is 0 Å². The Morgan fingerprint density at radius 1 is 1.54 bits per heavy atom. The average molecular weight is 213 g/mol. The van der Waals surface area contributed by atoms with E-state index in [4.69, 9.17) is 4.43 Å². The van der Waals surface area contributed by atoms with Gasteiger partial charge in [-0.3, -0.25) is 0 Å². The molecule has 2 heterocycles. The standard InChI is InChI=1S/C4H8OSi.C3H3N3S/c1-2-4-6-5-3-1;7-3-1-2-4-6-5-3/h1-4H2;1-2H,(H,4,5,7). The Kier molecular flexibility index (Phi) is 5.54. The van der Waals surface area contributed by atoms with Crippen LogP contribution in [0.3, 0.4) is 0 Å². The van der Waals surface area contributed by atoms with E-state index in [0.29, 0.717) is 4.64 Å². The van der Waals surface area contributed by atoms with E-state index >= 15 is 0 Å². The molecule has 1 aliphatic heterocycles. The van der Waals surface area contributed by atoms with Crippen LogP contribution in [0.2, 0.25) is 6.04 Å². The molecule has 0 unspecified atom stereocenters. The monoisotopic (exact) mass is 213 g/mol. The first-order valence-corrected chi connectivity index (χ1v) is 5.63. The van der Waals surface area contributed by atoms with E-state index < -0.39 is 0 Å². The molecule has 1 fully saturated rings. The first-order valence-electron chi connectivity index (χ1n) is 4.10. The second-order valence-electron chi connectivity index (χ2n) is 2.46. The van der Waals surface area contributed by atoms with Gasteiger partial charge in [0.15, 0.2) is 0 Å². The largest absolute Gasteiger partial charge is 0.417 e. The molecule has 0 aromatic carbocycles. The molecule has 0 bridgehead atoms. The summed E-state index contributed by atoms with van der Waals surface area (Å²) in [5.41, 5.74) is 0. The number of rotatable bonds is 0. The molecule has 4 nitrogen and oxygen atoms in total. The number of nitrogens with one attached hydrogen (secondary N) is 1. The van der Waals surface area contributed by atoms with Crippen LogP contribution in [0.1, 0.15) is 12.8 Å². The van der Waals surface area contributed by atoms with Crippen molar-refractivity contribution in [2.75, 3.05) is 6.61 Å². The van der Waals surface area contributed by atoms with Crippen LogP contribution in [-0.4, -0.2) is 31.8 Å². The SMILES string of the molecule is C1CC[Si]OC1.S=c1ccnn[nH]1. The van der Waals surface area contributed by atoms with Crippen LogP contribution in [0.25, 0.3) is 0 Å². The zero-order valence-corrected chi connectivity index (χ0v) is 9.01. The van der Waals surface area contributed by atoms with E-state index in [1.54, 1.807) is 12.3 Å². The fourth-order valence-electron chi connectivity index (χ4n) is 0.766. The normalized spacial score (nSPS) is 15.7. The fourth-order valence-corrected chi connectivity index (χ4v) is 1.69. The number of aromatic amines is 1. The van der Waals surface area contributed by atoms with Gasteiger partial charge in [-0.25, -0.2) is 5.10 Å². The van der Waals surface area contributed by atoms with Crippen LogP contribution in [0.15, 0.2) is 12.3 Å². The van der Waals surface area contributed by atoms with E-state index in [1.807, 2.05) is 0 Å². The van der Waals surface area contributed by atoms with Crippen molar-refractivity contribution < 1.29 is 4.43 Å². The Bertz CT molecular complexity index is 247. The summed E-state index contributed by atoms with van der Waals surface area (Å²) >= 11 is 4.65. The number of nitrogens with zero attached hydrogens (tertiary/aromatic N) is 2. The van der Waals surface area contributed by atoms with Crippen LogP contribution in [0, 0.1) is 4.64 Å². The van der Waals surface area contributed by atoms with E-state index in [1.165, 1.54) is 18.9 Å². The van der Waals surface area contributed by atoms with E-state index in [0.717, 1.165) is 16.4 Å². The van der Waals surface area contributed by atoms with Gasteiger partial charge in [-0.1, -0.05) is 23.9 Å². The number of hydrogen-bond acceptors (Lipinski definition) is 4. The summed E-state index contributed by atoms with van der Waals surface area (Å²) in [7, 11) is 0.802. The molecule has 0 atom stereocenters. The van der Waals surface area contributed by atoms with Crippen LogP contribution in [-0.2, 0) is 4.43 Å². The predicted octanol–water partition coefficient (Wildman–Crippen LogP) is 1.37. The number of aromatic nitrogens is 3. The van der Waals surface area contributed by atoms with Gasteiger partial charge in [-0.2, -0.15) is 0 Å². The molecule has 2 rings (SSSR count). The summed E-state index contributed by atoms with van der Waals surface area (Å²) in [6, 6.07) is 2.97. The predicted molar refractivity (Wildman–Crippen MR) is 53.0 cm³/mol. The highest BCUT2D eigenvalue weighted by atomic mass is 32.1. The lowest BCUT2D eigenvalue weighted by Crippen LogP contribution is -2.06. The van der Waals surface area contributed by atoms with Gasteiger partial charge in [0, 0.05) is 6.61 Å². The van der Waals surface area contributed by atoms with Gasteiger partial charge in [-0.05, 0) is 18.5 Å². The van der Waals surface area contributed by atoms with E-state index in [9.17, 15) is 0 Å². The van der Waals surface area contributed by atoms with Gasteiger partial charge in [0.05, 0.1) is 6.20 Å². The zero-order valence-electron chi connectivity index (χ0n) is 7.19. The molecular formula is C7H11N3OSSi. The van der Waals surface area contributed by atoms with Gasteiger partial charge in [0.1, 0.15) is 4.64 Å². The molecule has 0 aliphatic carbocycles. The van der Waals surface area contributed by atoms with Gasteiger partial charge in [0.25, 0.3) is 0 Å². The molecule has 2 radical (unpaired) electrons. The topological polar surface area (TPSA) is 50.8 Å². The lowest BCUT2D eigenvalue weighted by Gasteiger charge is -2.06. The van der Waals surface area contributed by atoms with Crippen LogP contribution in [0.4, 0.5) is 0 Å². The Hall–Kier alpha value is -0.593. The molecule has 70 valence electrons. The van der Waals surface area contributed by atoms with Gasteiger partial charge < -0.3 is 4.43 Å². The van der Waals surface area contributed by atoms with Gasteiger partial charge in [-0.15, -0.1) is 5.10 Å². The molecule has 1 N–H and O–H groups in total. The summed E-state index contributed by atoms with van der Waals surface area (Å²) in [4.78, 5) is 0. The van der Waals surface area contributed by atoms with Crippen molar-refractivity contribution in [2.24, 2.45) is 0 Å². The minimum atomic E-state index is 0.606. The molecule has 0 spiro atoms. The molecular weight excluding hydrogens is 202 g/mol. The van der Waals surface area contributed by atoms with Crippen molar-refractivity contribution in [1.82, 2.24) is 15.4 Å². The maximum Gasteiger partial charge on any atom is 0.229 e. The van der Waals surface area contributed by atoms with Crippen LogP contribution in [0.5, 0.6) is 0 Å². The van der Waals surface area contributed by atoms with Crippen molar-refractivity contribution in [2.45, 2.75) is 18.9 Å². The van der Waals surface area contributed by atoms with Crippen molar-refractivity contribution >= 4 is 22.0 Å². The smallest absolute Gasteiger partial charge is 0.229 e. The Labute approximate surface area is 84.7 Å². The molecule has 1 saturated heterocycles. The summed E-state index contributed by atoms with van der Waals surface area (Å²) in [5.74, 6) is 0. The minimum absolute atomic E-state index is 0.606. The number of hydrogen-bond donors (Lipinski definition) is 1. The first-order chi connectivity index (χ1) is 6.39. The maximum atomic E-state index is 5.10. The summed E-state index contributed by atoms with van der Waals surface area (Å²) in [5, 5.41) is 9.36. The average Bonchev–Trinajstić information content (AvgIpc) is 2.22. The summed E-state index contributed by atoms with van der Waals surface area (Å²) in [6.45, 7) is 1.01. The lowest BCUT2D eigenvalue weighted by atomic mass is 10.4. The molecule has 1 aromatic heterocycles. The van der Waals surface area contributed by atoms with Crippen molar-refractivity contribution in [3.05, 3.63) is 16.9 Å². The lowest BCUT2D eigenvalue weighted by molar-refractivity contribution is 0.304. The second kappa shape index (κ2) is 6.87. The molecule has 0 amide bonds. The van der Waals surface area contributed by atoms with Crippen molar-refractivity contribution in [3.8, 4) is 0 Å². The highest BCUT2D eigenvalue weighted by Crippen LogP contribution is 2.01. The van der Waals surface area contributed by atoms with Crippen molar-refractivity contribution in [1.29, 1.82) is 0 Å². The fraction of sp³-hybridized carbons (Fsp3) is 0.571. The quantitative estimate of drug-likeness (QED) is 0.522. The van der Waals surface area contributed by atoms with Crippen LogP contribution >= 0.6 is 12.2 Å². The summed E-state index contributed by atoms with van der Waals surface area (Å²) in [6.07, 6.45) is 4.21. The maximum absolute atomic E-state index is 5.10. The molecule has 6 heteroatoms. The third kappa shape index (κ3) is 5.62. The highest BCUT2D eigenvalue weighted by Gasteiger charge is 1.97. The zero-order chi connectivity index (χ0) is 9.36. The molecule has 0 saturated carbocycles. The Morgan fingerprint density at radius 2 is 2.46 bits per heavy atom. The second-order valence-corrected chi connectivity index (χ2v) is 3.97. The van der Waals surface area contributed by atoms with Crippen LogP contribution < -0.4 is 0 Å². The minimum Gasteiger partial charge on any atom is -0.417 e. The van der Waals surface area contributed by atoms with E-state index in [-0.39, 0.29) is 0 Å². The molecule has 13 heavy (non-hydrogen) atoms. The van der Waals surface area contributed by atoms with Gasteiger partial charge in [0.2, 0.25) is 9.76 Å². The highest BCUT2D eigenvalue weighted by molar-refractivity contribution is 7.71. The van der Waals surface area contributed by atoms with E-state index in [2.05, 4.69) is 27.6 Å². The number of H-pyrrole nitrogens is 1. The third-order valence-corrected chi connectivity index (χ3v) is 2.58. The molecule has 1 aliphatic rings. The first kappa shape index (κ1) is 10.5.